The standard InChI is InChI=1S/C78H112N2O4S4/c1-13-18-23-28-30-35-41-55(40-33-25-20-15-3)53-79-71(63-49-50-65(86-63)76(6,7)8)69-68(74(79)81)70(80(78(69,12)83)54-56(42-34-26-21-16-4)43-36-31-29-24-19-14-2)62-48-47-61(85-62)64-51-59-58(46-39-27-22-17-5)67(75(82)84-57-44-37-32-38-45-57)60-52-66(77(9,10)11)88-73(60)72(59)87-64/h32,37-38,44-45,47-52,55-56,83H,13-31,33-36,39-43,46,53-54H2,1-12H3. The minimum absolute atomic E-state index is 0.0552. The number of aliphatic hydroxyl groups is 1. The van der Waals surface area contributed by atoms with E-state index < -0.39 is 5.72 Å². The van der Waals surface area contributed by atoms with Gasteiger partial charge in [-0.05, 0) is 128 Å². The Bertz CT molecular complexity index is 3240. The van der Waals surface area contributed by atoms with E-state index in [1.165, 1.54) is 143 Å². The Morgan fingerprint density at radius 1 is 0.523 bits per heavy atom. The molecule has 482 valence electrons. The molecule has 1 N–H and O–H groups in total. The van der Waals surface area contributed by atoms with Gasteiger partial charge in [-0.15, -0.1) is 45.3 Å². The van der Waals surface area contributed by atoms with Crippen LogP contribution in [0.4, 0.5) is 0 Å². The molecule has 2 aliphatic rings. The SMILES string of the molecule is CCCCCCCCC(CCCCCC)CN1C(=O)C2=C(c3ccc(-c4cc5c(CCCCCC)c(C(=O)Oc6ccccc6)c6cc(C(C)(C)C)sc6c5s4)s3)N(CC(CCCCCC)CCCCCCCC)C(C)(O)C2=C1c1ccc(C(C)(C)C)s1. The summed E-state index contributed by atoms with van der Waals surface area (Å²) in [6.07, 6.45) is 34.4. The minimum Gasteiger partial charge on any atom is -0.423 e. The third-order valence-electron chi connectivity index (χ3n) is 18.9. The van der Waals surface area contributed by atoms with Crippen LogP contribution >= 0.6 is 45.3 Å². The van der Waals surface area contributed by atoms with Crippen LogP contribution in [0.1, 0.15) is 298 Å². The average Bonchev–Trinajstić information content (AvgIpc) is 1.56. The predicted molar refractivity (Wildman–Crippen MR) is 385 cm³/mol. The monoisotopic (exact) mass is 1270 g/mol. The van der Waals surface area contributed by atoms with Crippen molar-refractivity contribution in [3.05, 3.63) is 109 Å². The highest BCUT2D eigenvalue weighted by atomic mass is 32.1. The van der Waals surface area contributed by atoms with E-state index in [4.69, 9.17) is 4.74 Å². The molecule has 3 atom stereocenters. The van der Waals surface area contributed by atoms with E-state index in [9.17, 15) is 9.90 Å². The first-order chi connectivity index (χ1) is 42.4. The van der Waals surface area contributed by atoms with Gasteiger partial charge >= 0.3 is 5.97 Å². The predicted octanol–water partition coefficient (Wildman–Crippen LogP) is 24.5. The number of nitrogens with zero attached hydrogens (tertiary/aromatic N) is 2. The molecule has 0 aliphatic carbocycles. The van der Waals surface area contributed by atoms with Gasteiger partial charge in [0.05, 0.1) is 41.7 Å². The van der Waals surface area contributed by atoms with Crippen LogP contribution in [-0.4, -0.2) is 45.6 Å². The summed E-state index contributed by atoms with van der Waals surface area (Å²) in [7, 11) is 0. The van der Waals surface area contributed by atoms with Gasteiger partial charge in [-0.1, -0.05) is 242 Å². The Labute approximate surface area is 549 Å². The lowest BCUT2D eigenvalue weighted by molar-refractivity contribution is -0.123. The fourth-order valence-electron chi connectivity index (χ4n) is 13.7. The molecule has 1 amide bonds. The largest absolute Gasteiger partial charge is 0.423 e. The lowest BCUT2D eigenvalue weighted by Crippen LogP contribution is -2.45. The van der Waals surface area contributed by atoms with Crippen molar-refractivity contribution in [1.29, 1.82) is 0 Å². The van der Waals surface area contributed by atoms with Gasteiger partial charge in [0.25, 0.3) is 5.91 Å². The first kappa shape index (κ1) is 69.8. The van der Waals surface area contributed by atoms with E-state index in [1.54, 1.807) is 11.3 Å². The molecule has 0 radical (unpaired) electrons. The third-order valence-corrected chi connectivity index (χ3v) is 24.5. The summed E-state index contributed by atoms with van der Waals surface area (Å²) < 4.78 is 8.66. The first-order valence-electron chi connectivity index (χ1n) is 35.2. The Balaban J connectivity index is 1.30. The number of thiophene rings is 4. The lowest BCUT2D eigenvalue weighted by atomic mass is 9.91. The number of fused-ring (bicyclic) bond motifs is 4. The number of carbonyl (C=O) groups excluding carboxylic acids is 2. The molecule has 0 saturated heterocycles. The van der Waals surface area contributed by atoms with Gasteiger partial charge in [-0.3, -0.25) is 4.79 Å². The van der Waals surface area contributed by atoms with Crippen LogP contribution in [0.3, 0.4) is 0 Å². The maximum Gasteiger partial charge on any atom is 0.344 e. The van der Waals surface area contributed by atoms with Crippen molar-refractivity contribution in [2.45, 2.75) is 286 Å². The Morgan fingerprint density at radius 3 is 1.57 bits per heavy atom. The summed E-state index contributed by atoms with van der Waals surface area (Å²) in [6, 6.07) is 23.3. The van der Waals surface area contributed by atoms with Crippen molar-refractivity contribution in [2.24, 2.45) is 11.8 Å². The van der Waals surface area contributed by atoms with Gasteiger partial charge in [0.2, 0.25) is 0 Å². The van der Waals surface area contributed by atoms with Gasteiger partial charge in [0.1, 0.15) is 5.75 Å². The molecule has 0 saturated carbocycles. The van der Waals surface area contributed by atoms with Crippen molar-refractivity contribution in [1.82, 2.24) is 9.80 Å². The molecule has 8 rings (SSSR count). The summed E-state index contributed by atoms with van der Waals surface area (Å²) in [5, 5.41) is 16.1. The van der Waals surface area contributed by atoms with Crippen molar-refractivity contribution in [3.8, 4) is 15.5 Å². The molecule has 0 bridgehead atoms. The zero-order chi connectivity index (χ0) is 63.0. The van der Waals surface area contributed by atoms with Gasteiger partial charge in [-0.2, -0.15) is 0 Å². The summed E-state index contributed by atoms with van der Waals surface area (Å²) in [6.45, 7) is 28.5. The number of hydrogen-bond acceptors (Lipinski definition) is 9. The molecule has 6 heterocycles. The second-order valence-electron chi connectivity index (χ2n) is 28.4. The average molecular weight is 1270 g/mol. The number of benzene rings is 2. The molecule has 2 aliphatic heterocycles. The van der Waals surface area contributed by atoms with Crippen molar-refractivity contribution in [2.75, 3.05) is 13.1 Å². The number of carbonyl (C=O) groups is 2. The van der Waals surface area contributed by atoms with Crippen LogP contribution < -0.4 is 4.74 Å². The number of para-hydroxylation sites is 1. The maximum atomic E-state index is 16.4. The van der Waals surface area contributed by atoms with E-state index in [2.05, 4.69) is 122 Å². The van der Waals surface area contributed by atoms with E-state index in [0.29, 0.717) is 41.8 Å². The highest BCUT2D eigenvalue weighted by Crippen LogP contribution is 2.57. The fraction of sp³-hybridized carbons (Fsp3) is 0.615. The summed E-state index contributed by atoms with van der Waals surface area (Å²) in [4.78, 5) is 42.7. The number of hydrogen-bond donors (Lipinski definition) is 1. The zero-order valence-corrected chi connectivity index (χ0v) is 59.9. The third kappa shape index (κ3) is 17.3. The second-order valence-corrected chi connectivity index (χ2v) is 32.7. The quantitative estimate of drug-likeness (QED) is 0.0238. The van der Waals surface area contributed by atoms with E-state index in [1.807, 2.05) is 71.3 Å². The van der Waals surface area contributed by atoms with Crippen molar-refractivity contribution >= 4 is 88.8 Å². The topological polar surface area (TPSA) is 70.1 Å². The van der Waals surface area contributed by atoms with Crippen LogP contribution in [0.2, 0.25) is 0 Å². The molecule has 6 aromatic rings. The van der Waals surface area contributed by atoms with Gasteiger partial charge in [0, 0.05) is 43.6 Å². The highest BCUT2D eigenvalue weighted by Gasteiger charge is 2.55. The van der Waals surface area contributed by atoms with Crippen molar-refractivity contribution < 1.29 is 19.4 Å². The fourth-order valence-corrected chi connectivity index (χ4v) is 18.5. The van der Waals surface area contributed by atoms with Gasteiger partial charge < -0.3 is 19.6 Å². The molecule has 88 heavy (non-hydrogen) atoms. The van der Waals surface area contributed by atoms with Crippen LogP contribution in [0, 0.1) is 11.8 Å². The van der Waals surface area contributed by atoms with Crippen LogP contribution in [0.15, 0.2) is 77.9 Å². The van der Waals surface area contributed by atoms with E-state index in [-0.39, 0.29) is 22.7 Å². The molecule has 4 aromatic heterocycles. The normalized spacial score (nSPS) is 16.4. The van der Waals surface area contributed by atoms with Crippen LogP contribution in [0.25, 0.3) is 41.3 Å². The Hall–Kier alpha value is -4.06. The van der Waals surface area contributed by atoms with E-state index in [0.717, 1.165) is 115 Å². The van der Waals surface area contributed by atoms with Gasteiger partial charge in [0.15, 0.2) is 5.72 Å². The van der Waals surface area contributed by atoms with E-state index >= 15 is 4.79 Å². The maximum absolute atomic E-state index is 16.4. The Morgan fingerprint density at radius 2 is 1.01 bits per heavy atom. The first-order valence-corrected chi connectivity index (χ1v) is 38.4. The molecule has 0 spiro atoms. The number of amides is 1. The molecule has 2 aromatic carbocycles. The molecular weight excluding hydrogens is 1160 g/mol. The van der Waals surface area contributed by atoms with Crippen molar-refractivity contribution in [3.63, 3.8) is 0 Å². The van der Waals surface area contributed by atoms with Crippen LogP contribution in [-0.2, 0) is 22.0 Å². The second kappa shape index (κ2) is 33.0. The summed E-state index contributed by atoms with van der Waals surface area (Å²) >= 11 is 7.23. The number of aryl methyl sites for hydroxylation is 1. The smallest absolute Gasteiger partial charge is 0.344 e. The highest BCUT2D eigenvalue weighted by molar-refractivity contribution is 7.30. The zero-order valence-electron chi connectivity index (χ0n) is 56.6. The number of ether oxygens (including phenoxy) is 1. The lowest BCUT2D eigenvalue weighted by Gasteiger charge is -2.39. The molecule has 6 nitrogen and oxygen atoms in total. The number of unbranched alkanes of at least 4 members (excludes halogenated alkanes) is 19. The summed E-state index contributed by atoms with van der Waals surface area (Å²) in [5.74, 6) is 1.04. The van der Waals surface area contributed by atoms with Crippen LogP contribution in [0.5, 0.6) is 5.75 Å². The molecule has 0 fully saturated rings. The molecule has 10 heteroatoms. The molecule has 3 unspecified atom stereocenters. The summed E-state index contributed by atoms with van der Waals surface area (Å²) in [5.41, 5.74) is 3.51. The molecular formula is C78H112N2O4S4. The number of rotatable bonds is 38. The number of esters is 1. The minimum atomic E-state index is -1.44. The van der Waals surface area contributed by atoms with Gasteiger partial charge in [-0.25, -0.2) is 4.79 Å². The Kier molecular flexibility index (Phi) is 26.2.